The Labute approximate surface area is 207 Å². The molecule has 10 heteroatoms. The Kier molecular flexibility index (Phi) is 6.84. The molecule has 4 fully saturated rings. The second-order valence-corrected chi connectivity index (χ2v) is 12.2. The predicted octanol–water partition coefficient (Wildman–Crippen LogP) is 1.58. The fraction of sp³-hybridized carbons (Fsp3) is 0.640. The molecule has 0 aromatic heterocycles. The maximum Gasteiger partial charge on any atom is 0.282 e. The molecule has 35 heavy (non-hydrogen) atoms. The lowest BCUT2D eigenvalue weighted by molar-refractivity contribution is -0.142. The number of likely N-dealkylation sites (tertiary alicyclic amines) is 1. The molecule has 4 aliphatic rings. The van der Waals surface area contributed by atoms with Crippen LogP contribution in [0.4, 0.5) is 0 Å². The summed E-state index contributed by atoms with van der Waals surface area (Å²) in [6.07, 6.45) is 5.11. The number of piperidine rings is 1. The predicted molar refractivity (Wildman–Crippen MR) is 129 cm³/mol. The van der Waals surface area contributed by atoms with Gasteiger partial charge in [-0.25, -0.2) is 0 Å². The molecule has 0 radical (unpaired) electrons. The number of carbonyl (C=O) groups is 2. The zero-order chi connectivity index (χ0) is 24.6. The molecular formula is C25H33N5O4S. The number of hydrogen-bond acceptors (Lipinski definition) is 5. The van der Waals surface area contributed by atoms with Crippen molar-refractivity contribution < 1.29 is 18.0 Å². The molecule has 1 aromatic carbocycles. The summed E-state index contributed by atoms with van der Waals surface area (Å²) in [5.74, 6) is -0.287. The summed E-state index contributed by atoms with van der Waals surface area (Å²) in [5, 5.41) is 11.9. The number of amides is 2. The molecule has 1 aliphatic carbocycles. The molecule has 2 amide bonds. The molecule has 0 spiro atoms. The van der Waals surface area contributed by atoms with Crippen molar-refractivity contribution in [2.45, 2.75) is 57.0 Å². The van der Waals surface area contributed by atoms with Gasteiger partial charge >= 0.3 is 0 Å². The van der Waals surface area contributed by atoms with Crippen LogP contribution >= 0.6 is 0 Å². The van der Waals surface area contributed by atoms with Gasteiger partial charge < -0.3 is 10.2 Å². The molecule has 9 nitrogen and oxygen atoms in total. The van der Waals surface area contributed by atoms with Gasteiger partial charge in [0, 0.05) is 39.3 Å². The van der Waals surface area contributed by atoms with Gasteiger partial charge in [-0.3, -0.25) is 9.59 Å². The largest absolute Gasteiger partial charge is 0.350 e. The minimum absolute atomic E-state index is 0.130. The van der Waals surface area contributed by atoms with E-state index in [0.717, 1.165) is 12.0 Å². The second kappa shape index (κ2) is 9.88. The zero-order valence-electron chi connectivity index (χ0n) is 19.9. The third-order valence-corrected chi connectivity index (χ3v) is 9.69. The molecule has 2 atom stereocenters. The normalized spacial score (nSPS) is 26.2. The molecule has 1 aromatic rings. The topological polar surface area (TPSA) is 114 Å². The molecular weight excluding hydrogens is 466 g/mol. The van der Waals surface area contributed by atoms with Crippen LogP contribution in [0.25, 0.3) is 0 Å². The lowest BCUT2D eigenvalue weighted by atomic mass is 9.97. The number of nitriles is 1. The summed E-state index contributed by atoms with van der Waals surface area (Å²) in [4.78, 5) is 28.0. The number of hydrogen-bond donors (Lipinski definition) is 1. The summed E-state index contributed by atoms with van der Waals surface area (Å²) in [6, 6.07) is 9.96. The van der Waals surface area contributed by atoms with Crippen LogP contribution in [0.5, 0.6) is 0 Å². The quantitative estimate of drug-likeness (QED) is 0.612. The fourth-order valence-corrected chi connectivity index (χ4v) is 7.19. The van der Waals surface area contributed by atoms with Gasteiger partial charge in [0.15, 0.2) is 0 Å². The first-order valence-electron chi connectivity index (χ1n) is 12.7. The molecule has 1 saturated carbocycles. The highest BCUT2D eigenvalue weighted by Crippen LogP contribution is 2.39. The number of nitrogens with one attached hydrogen (secondary N) is 1. The van der Waals surface area contributed by atoms with Crippen molar-refractivity contribution in [3.05, 3.63) is 35.4 Å². The third-order valence-electron chi connectivity index (χ3n) is 7.75. The maximum absolute atomic E-state index is 13.4. The minimum Gasteiger partial charge on any atom is -0.350 e. The maximum atomic E-state index is 13.4. The van der Waals surface area contributed by atoms with Gasteiger partial charge in [0.1, 0.15) is 6.04 Å². The standard InChI is InChI=1S/C25H33N5O4S/c26-13-19-15-29(16-19)35(33,34)28-11-1-3-22(17-28)25(32)30-12-2-4-23(30)24(31)27-14-18-5-7-20(8-6-18)21-9-10-21/h5-8,19,21-23H,1-4,9-12,14-17H2,(H,27,31)/t22?,23-/m1/s1. The third kappa shape index (κ3) is 5.08. The SMILES string of the molecule is N#CC1CN(S(=O)(=O)N2CCCC(C(=O)N3CCC[C@@H]3C(=O)NCc3ccc(C4CC4)cc3)C2)C1. The molecule has 1 unspecified atom stereocenters. The highest BCUT2D eigenvalue weighted by atomic mass is 32.2. The van der Waals surface area contributed by atoms with Crippen LogP contribution in [0.1, 0.15) is 55.6 Å². The smallest absolute Gasteiger partial charge is 0.282 e. The average molecular weight is 500 g/mol. The summed E-state index contributed by atoms with van der Waals surface area (Å²) < 4.78 is 28.5. The van der Waals surface area contributed by atoms with Crippen molar-refractivity contribution >= 4 is 22.0 Å². The van der Waals surface area contributed by atoms with Crippen molar-refractivity contribution in [3.8, 4) is 6.07 Å². The lowest BCUT2D eigenvalue weighted by Gasteiger charge is -2.41. The van der Waals surface area contributed by atoms with E-state index in [0.29, 0.717) is 44.8 Å². The Morgan fingerprint density at radius 2 is 1.69 bits per heavy atom. The van der Waals surface area contributed by atoms with E-state index in [1.807, 2.05) is 0 Å². The van der Waals surface area contributed by atoms with Crippen LogP contribution < -0.4 is 5.32 Å². The summed E-state index contributed by atoms with van der Waals surface area (Å²) in [7, 11) is -3.67. The van der Waals surface area contributed by atoms with Crippen molar-refractivity contribution in [2.75, 3.05) is 32.7 Å². The van der Waals surface area contributed by atoms with Crippen molar-refractivity contribution in [1.82, 2.24) is 18.8 Å². The van der Waals surface area contributed by atoms with Crippen molar-refractivity contribution in [1.29, 1.82) is 5.26 Å². The zero-order valence-corrected chi connectivity index (χ0v) is 20.8. The van der Waals surface area contributed by atoms with E-state index in [-0.39, 0.29) is 37.4 Å². The summed E-state index contributed by atoms with van der Waals surface area (Å²) >= 11 is 0. The van der Waals surface area contributed by atoms with Crippen LogP contribution in [-0.4, -0.2) is 72.5 Å². The van der Waals surface area contributed by atoms with Gasteiger partial charge in [0.25, 0.3) is 10.2 Å². The Morgan fingerprint density at radius 3 is 2.37 bits per heavy atom. The van der Waals surface area contributed by atoms with E-state index in [1.54, 1.807) is 4.90 Å². The minimum atomic E-state index is -3.67. The van der Waals surface area contributed by atoms with Crippen LogP contribution in [0.15, 0.2) is 24.3 Å². The molecule has 0 bridgehead atoms. The van der Waals surface area contributed by atoms with E-state index in [1.165, 1.54) is 27.0 Å². The van der Waals surface area contributed by atoms with E-state index < -0.39 is 22.2 Å². The second-order valence-electron chi connectivity index (χ2n) is 10.3. The Balaban J connectivity index is 1.16. The van der Waals surface area contributed by atoms with E-state index in [2.05, 4.69) is 35.7 Å². The van der Waals surface area contributed by atoms with Crippen LogP contribution in [0.3, 0.4) is 0 Å². The van der Waals surface area contributed by atoms with Gasteiger partial charge in [-0.15, -0.1) is 0 Å². The fourth-order valence-electron chi connectivity index (χ4n) is 5.39. The van der Waals surface area contributed by atoms with Gasteiger partial charge in [0.2, 0.25) is 11.8 Å². The van der Waals surface area contributed by atoms with Crippen molar-refractivity contribution in [3.63, 3.8) is 0 Å². The highest BCUT2D eigenvalue weighted by Gasteiger charge is 2.44. The van der Waals surface area contributed by atoms with E-state index in [4.69, 9.17) is 5.26 Å². The Morgan fingerprint density at radius 1 is 0.971 bits per heavy atom. The molecule has 3 aliphatic heterocycles. The lowest BCUT2D eigenvalue weighted by Crippen LogP contribution is -2.57. The molecule has 3 heterocycles. The molecule has 188 valence electrons. The Bertz CT molecular complexity index is 1110. The van der Waals surface area contributed by atoms with Gasteiger partial charge in [-0.1, -0.05) is 24.3 Å². The summed E-state index contributed by atoms with van der Waals surface area (Å²) in [5.41, 5.74) is 2.39. The van der Waals surface area contributed by atoms with Gasteiger partial charge in [-0.05, 0) is 55.6 Å². The van der Waals surface area contributed by atoms with Crippen molar-refractivity contribution in [2.24, 2.45) is 11.8 Å². The van der Waals surface area contributed by atoms with Crippen LogP contribution in [-0.2, 0) is 26.3 Å². The summed E-state index contributed by atoms with van der Waals surface area (Å²) in [6.45, 7) is 1.89. The first kappa shape index (κ1) is 24.2. The van der Waals surface area contributed by atoms with Crippen LogP contribution in [0.2, 0.25) is 0 Å². The Hall–Kier alpha value is -2.48. The number of benzene rings is 1. The van der Waals surface area contributed by atoms with Crippen LogP contribution in [0, 0.1) is 23.2 Å². The number of rotatable bonds is 7. The average Bonchev–Trinajstić information content (AvgIpc) is 3.57. The highest BCUT2D eigenvalue weighted by molar-refractivity contribution is 7.86. The number of carbonyl (C=O) groups excluding carboxylic acids is 2. The van der Waals surface area contributed by atoms with E-state index >= 15 is 0 Å². The molecule has 1 N–H and O–H groups in total. The number of nitrogens with zero attached hydrogens (tertiary/aromatic N) is 4. The van der Waals surface area contributed by atoms with E-state index in [9.17, 15) is 18.0 Å². The van der Waals surface area contributed by atoms with Gasteiger partial charge in [0.05, 0.1) is 17.9 Å². The first-order chi connectivity index (χ1) is 16.9. The molecule has 5 rings (SSSR count). The monoisotopic (exact) mass is 499 g/mol. The molecule has 3 saturated heterocycles. The van der Waals surface area contributed by atoms with Gasteiger partial charge in [-0.2, -0.15) is 22.3 Å². The first-order valence-corrected chi connectivity index (χ1v) is 14.1.